The van der Waals surface area contributed by atoms with E-state index in [4.69, 9.17) is 0 Å². The Balaban J connectivity index is 2.40. The van der Waals surface area contributed by atoms with Crippen LogP contribution in [-0.2, 0) is 0 Å². The quantitative estimate of drug-likeness (QED) is 0.686. The van der Waals surface area contributed by atoms with Crippen LogP contribution in [-0.4, -0.2) is 24.7 Å². The zero-order valence-electron chi connectivity index (χ0n) is 8.27. The molecule has 0 radical (unpaired) electrons. The van der Waals surface area contributed by atoms with Crippen LogP contribution in [0.1, 0.15) is 11.7 Å². The summed E-state index contributed by atoms with van der Waals surface area (Å²) in [7, 11) is 1.76. The predicted octanol–water partition coefficient (Wildman–Crippen LogP) is -0.688. The molecule has 1 unspecified atom stereocenters. The number of urea groups is 1. The minimum Gasteiger partial charge on any atom is -0.387 e. The summed E-state index contributed by atoms with van der Waals surface area (Å²) in [6, 6.07) is 4.65. The lowest BCUT2D eigenvalue weighted by Crippen LogP contribution is -2.24. The van der Waals surface area contributed by atoms with Crippen molar-refractivity contribution in [1.29, 1.82) is 0 Å². The van der Waals surface area contributed by atoms with Gasteiger partial charge in [-0.25, -0.2) is 4.79 Å². The van der Waals surface area contributed by atoms with Crippen LogP contribution in [0.2, 0.25) is 0 Å². The summed E-state index contributed by atoms with van der Waals surface area (Å²) in [4.78, 5) is 18.3. The second-order valence-electron chi connectivity index (χ2n) is 3.33. The largest absolute Gasteiger partial charge is 0.387 e. The van der Waals surface area contributed by atoms with Crippen molar-refractivity contribution in [3.8, 4) is 0 Å². The van der Waals surface area contributed by atoms with Gasteiger partial charge >= 0.3 is 6.03 Å². The Morgan fingerprint density at radius 3 is 2.87 bits per heavy atom. The molecule has 2 amide bonds. The molecule has 1 aromatic carbocycles. The first kappa shape index (κ1) is 9.95. The van der Waals surface area contributed by atoms with E-state index in [1.807, 2.05) is 0 Å². The highest BCUT2D eigenvalue weighted by atomic mass is 16.3. The lowest BCUT2D eigenvalue weighted by molar-refractivity contribution is 0.177. The number of aliphatic hydroxyl groups excluding tert-OH is 1. The highest BCUT2D eigenvalue weighted by Crippen LogP contribution is 2.07. The number of likely N-dealkylation sites (N-methyl/N-ethyl adjacent to an activating group) is 1. The number of fused-ring (bicyclic) bond motifs is 1. The van der Waals surface area contributed by atoms with Gasteiger partial charge in [0.2, 0.25) is 0 Å². The number of hydrogen-bond acceptors (Lipinski definition) is 3. The van der Waals surface area contributed by atoms with Crippen LogP contribution in [0, 0.1) is 0 Å². The van der Waals surface area contributed by atoms with Gasteiger partial charge in [0.25, 0.3) is 0 Å². The Kier molecular flexibility index (Phi) is 2.57. The molecule has 2 N–H and O–H groups in total. The third kappa shape index (κ3) is 1.93. The first-order valence-electron chi connectivity index (χ1n) is 4.65. The fourth-order valence-corrected chi connectivity index (χ4v) is 1.47. The van der Waals surface area contributed by atoms with Gasteiger partial charge in [0.1, 0.15) is 0 Å². The number of carbonyl (C=O) groups is 1. The van der Waals surface area contributed by atoms with Gasteiger partial charge in [-0.2, -0.15) is 9.98 Å². The van der Waals surface area contributed by atoms with Crippen LogP contribution in [0.3, 0.4) is 0 Å². The van der Waals surface area contributed by atoms with Gasteiger partial charge in [-0.05, 0) is 24.7 Å². The molecule has 1 heterocycles. The van der Waals surface area contributed by atoms with Gasteiger partial charge < -0.3 is 10.4 Å². The Labute approximate surface area is 86.2 Å². The third-order valence-corrected chi connectivity index (χ3v) is 2.21. The van der Waals surface area contributed by atoms with E-state index in [0.717, 1.165) is 5.56 Å². The molecule has 5 heteroatoms. The van der Waals surface area contributed by atoms with Crippen molar-refractivity contribution in [2.45, 2.75) is 6.10 Å². The Morgan fingerprint density at radius 2 is 2.13 bits per heavy atom. The second-order valence-corrected chi connectivity index (χ2v) is 3.33. The van der Waals surface area contributed by atoms with Gasteiger partial charge in [-0.15, -0.1) is 0 Å². The highest BCUT2D eigenvalue weighted by Gasteiger charge is 2.09. The zero-order chi connectivity index (χ0) is 10.8. The second kappa shape index (κ2) is 3.88. The minimum atomic E-state index is -0.591. The Bertz CT molecular complexity index is 510. The van der Waals surface area contributed by atoms with E-state index in [0.29, 0.717) is 17.3 Å². The number of rotatable bonds is 3. The lowest BCUT2D eigenvalue weighted by atomic mass is 10.1. The number of amides is 2. The van der Waals surface area contributed by atoms with E-state index in [1.54, 1.807) is 25.2 Å². The van der Waals surface area contributed by atoms with Gasteiger partial charge in [0, 0.05) is 6.54 Å². The van der Waals surface area contributed by atoms with Gasteiger partial charge in [0.05, 0.1) is 16.8 Å². The van der Waals surface area contributed by atoms with Crippen LogP contribution >= 0.6 is 0 Å². The Hall–Kier alpha value is -1.59. The van der Waals surface area contributed by atoms with Crippen molar-refractivity contribution < 1.29 is 9.90 Å². The fraction of sp³-hybridized carbons (Fsp3) is 0.300. The summed E-state index contributed by atoms with van der Waals surface area (Å²) in [6.45, 7) is 0.462. The van der Waals surface area contributed by atoms with E-state index in [2.05, 4.69) is 15.3 Å². The molecular weight excluding hydrogens is 194 g/mol. The van der Waals surface area contributed by atoms with Crippen molar-refractivity contribution >= 4 is 6.03 Å². The molecule has 1 atom stereocenters. The number of nitrogens with zero attached hydrogens (tertiary/aromatic N) is 2. The average Bonchev–Trinajstić information content (AvgIpc) is 2.57. The SMILES string of the molecule is CNCC(O)c1ccc2c(c1)=NC(=O)N=2. The van der Waals surface area contributed by atoms with E-state index < -0.39 is 12.1 Å². The standard InChI is InChI=1S/C10H11N3O2/c1-11-5-9(14)6-2-3-7-8(4-6)13-10(15)12-7/h2-4,9,11,14H,5H2,1H3. The summed E-state index contributed by atoms with van der Waals surface area (Å²) in [5.74, 6) is 0. The maximum absolute atomic E-state index is 10.9. The summed E-state index contributed by atoms with van der Waals surface area (Å²) < 4.78 is 0. The molecule has 1 aromatic rings. The third-order valence-electron chi connectivity index (χ3n) is 2.21. The molecular formula is C10H11N3O2. The summed E-state index contributed by atoms with van der Waals surface area (Å²) in [5.41, 5.74) is 0.733. The topological polar surface area (TPSA) is 74.0 Å². The predicted molar refractivity (Wildman–Crippen MR) is 53.0 cm³/mol. The first-order chi connectivity index (χ1) is 7.20. The number of nitrogens with one attached hydrogen (secondary N) is 1. The molecule has 1 aliphatic rings. The summed E-state index contributed by atoms with van der Waals surface area (Å²) in [5, 5.41) is 13.7. The number of benzene rings is 1. The smallest absolute Gasteiger partial charge is 0.368 e. The van der Waals surface area contributed by atoms with Crippen LogP contribution in [0.4, 0.5) is 4.79 Å². The van der Waals surface area contributed by atoms with Crippen molar-refractivity contribution in [2.24, 2.45) is 9.98 Å². The lowest BCUT2D eigenvalue weighted by Gasteiger charge is -2.08. The monoisotopic (exact) mass is 205 g/mol. The molecule has 0 aromatic heterocycles. The number of carbonyl (C=O) groups excluding carboxylic acids is 1. The van der Waals surface area contributed by atoms with E-state index in [1.165, 1.54) is 0 Å². The van der Waals surface area contributed by atoms with Crippen LogP contribution in [0.25, 0.3) is 0 Å². The molecule has 2 rings (SSSR count). The summed E-state index contributed by atoms with van der Waals surface area (Å²) in [6.07, 6.45) is -0.591. The molecule has 0 fully saturated rings. The molecule has 0 bridgehead atoms. The van der Waals surface area contributed by atoms with Crippen LogP contribution < -0.4 is 16.0 Å². The summed E-state index contributed by atoms with van der Waals surface area (Å²) >= 11 is 0. The zero-order valence-corrected chi connectivity index (χ0v) is 8.27. The fourth-order valence-electron chi connectivity index (χ4n) is 1.47. The van der Waals surface area contributed by atoms with Gasteiger partial charge in [0.15, 0.2) is 0 Å². The highest BCUT2D eigenvalue weighted by molar-refractivity contribution is 5.77. The average molecular weight is 205 g/mol. The van der Waals surface area contributed by atoms with Crippen molar-refractivity contribution in [3.05, 3.63) is 34.5 Å². The van der Waals surface area contributed by atoms with E-state index in [-0.39, 0.29) is 0 Å². The molecule has 0 spiro atoms. The molecule has 5 nitrogen and oxygen atoms in total. The van der Waals surface area contributed by atoms with Crippen molar-refractivity contribution in [1.82, 2.24) is 5.32 Å². The molecule has 78 valence electrons. The minimum absolute atomic E-state index is 0.462. The van der Waals surface area contributed by atoms with Gasteiger partial charge in [-0.3, -0.25) is 0 Å². The maximum atomic E-state index is 10.9. The Morgan fingerprint density at radius 1 is 1.40 bits per heavy atom. The molecule has 1 aliphatic heterocycles. The maximum Gasteiger partial charge on any atom is 0.368 e. The van der Waals surface area contributed by atoms with Crippen molar-refractivity contribution in [3.63, 3.8) is 0 Å². The van der Waals surface area contributed by atoms with Crippen LogP contribution in [0.5, 0.6) is 0 Å². The number of aliphatic hydroxyl groups is 1. The van der Waals surface area contributed by atoms with E-state index >= 15 is 0 Å². The van der Waals surface area contributed by atoms with Crippen molar-refractivity contribution in [2.75, 3.05) is 13.6 Å². The first-order valence-corrected chi connectivity index (χ1v) is 4.65. The number of hydrogen-bond donors (Lipinski definition) is 2. The van der Waals surface area contributed by atoms with E-state index in [9.17, 15) is 9.90 Å². The molecule has 15 heavy (non-hydrogen) atoms. The van der Waals surface area contributed by atoms with Crippen LogP contribution in [0.15, 0.2) is 28.2 Å². The molecule has 0 saturated heterocycles. The molecule has 0 saturated carbocycles. The normalized spacial score (nSPS) is 15.5. The van der Waals surface area contributed by atoms with Gasteiger partial charge in [-0.1, -0.05) is 6.07 Å². The molecule has 0 aliphatic carbocycles.